The summed E-state index contributed by atoms with van der Waals surface area (Å²) in [6.07, 6.45) is -10.00. The Morgan fingerprint density at radius 2 is 1.70 bits per heavy atom. The van der Waals surface area contributed by atoms with E-state index in [1.54, 1.807) is 13.0 Å². The lowest BCUT2D eigenvalue weighted by Crippen LogP contribution is -2.32. The maximum Gasteiger partial charge on any atom is 0.420 e. The van der Waals surface area contributed by atoms with E-state index in [0.717, 1.165) is 0 Å². The highest BCUT2D eigenvalue weighted by Crippen LogP contribution is 2.44. The lowest BCUT2D eigenvalue weighted by molar-refractivity contribution is -0.185. The van der Waals surface area contributed by atoms with Crippen molar-refractivity contribution < 1.29 is 40.6 Å². The van der Waals surface area contributed by atoms with Gasteiger partial charge in [0.2, 0.25) is 0 Å². The number of nitrogens with one attached hydrogen (secondary N) is 1. The van der Waals surface area contributed by atoms with E-state index >= 15 is 0 Å². The number of carbonyl (C=O) groups is 1. The van der Waals surface area contributed by atoms with Crippen LogP contribution in [0.15, 0.2) is 30.3 Å². The van der Waals surface area contributed by atoms with Crippen LogP contribution in [0.5, 0.6) is 5.75 Å². The molecule has 1 N–H and O–H groups in total. The van der Waals surface area contributed by atoms with Gasteiger partial charge in [-0.05, 0) is 55.0 Å². The van der Waals surface area contributed by atoms with Gasteiger partial charge < -0.3 is 14.8 Å². The first-order chi connectivity index (χ1) is 15.5. The van der Waals surface area contributed by atoms with Gasteiger partial charge in [-0.25, -0.2) is 0 Å². The van der Waals surface area contributed by atoms with Crippen LogP contribution in [0.1, 0.15) is 43.7 Å². The fourth-order valence-electron chi connectivity index (χ4n) is 4.15. The smallest absolute Gasteiger partial charge is 0.420 e. The lowest BCUT2D eigenvalue weighted by atomic mass is 9.87. The van der Waals surface area contributed by atoms with Gasteiger partial charge in [0, 0.05) is 6.54 Å². The number of carbonyl (C=O) groups excluding carboxylic acids is 1. The Morgan fingerprint density at radius 3 is 2.30 bits per heavy atom. The first-order valence-corrected chi connectivity index (χ1v) is 10.7. The van der Waals surface area contributed by atoms with E-state index in [9.17, 15) is 31.1 Å². The summed E-state index contributed by atoms with van der Waals surface area (Å²) in [4.78, 5) is 11.5. The minimum atomic E-state index is -4.73. The second-order valence-electron chi connectivity index (χ2n) is 7.99. The van der Waals surface area contributed by atoms with E-state index in [-0.39, 0.29) is 56.5 Å². The molecule has 0 spiro atoms. The highest BCUT2D eigenvalue weighted by Gasteiger charge is 2.42. The van der Waals surface area contributed by atoms with Crippen molar-refractivity contribution in [2.75, 3.05) is 13.2 Å². The average molecular weight is 477 g/mol. The van der Waals surface area contributed by atoms with E-state index in [1.807, 2.05) is 0 Å². The van der Waals surface area contributed by atoms with Crippen LogP contribution in [-0.4, -0.2) is 31.4 Å². The molecule has 2 aromatic carbocycles. The number of halogens is 6. The van der Waals surface area contributed by atoms with Crippen molar-refractivity contribution in [2.45, 2.75) is 57.6 Å². The zero-order valence-electron chi connectivity index (χ0n) is 18.0. The Labute approximate surface area is 187 Å². The molecule has 0 heterocycles. The van der Waals surface area contributed by atoms with Crippen LogP contribution >= 0.6 is 0 Å². The van der Waals surface area contributed by atoms with Crippen molar-refractivity contribution in [1.82, 2.24) is 5.32 Å². The van der Waals surface area contributed by atoms with Crippen LogP contribution in [0.2, 0.25) is 0 Å². The Bertz CT molecular complexity index is 965. The molecule has 1 saturated carbocycles. The molecular weight excluding hydrogens is 452 g/mol. The van der Waals surface area contributed by atoms with Crippen molar-refractivity contribution in [3.05, 3.63) is 41.5 Å². The molecule has 1 aliphatic carbocycles. The van der Waals surface area contributed by atoms with Gasteiger partial charge in [0.1, 0.15) is 11.3 Å². The average Bonchev–Trinajstić information content (AvgIpc) is 2.72. The van der Waals surface area contributed by atoms with Crippen molar-refractivity contribution in [3.63, 3.8) is 0 Å². The topological polar surface area (TPSA) is 47.6 Å². The zero-order chi connectivity index (χ0) is 24.2. The van der Waals surface area contributed by atoms with Gasteiger partial charge in [-0.15, -0.1) is 0 Å². The Kier molecular flexibility index (Phi) is 7.76. The highest BCUT2D eigenvalue weighted by atomic mass is 19.4. The predicted molar refractivity (Wildman–Crippen MR) is 110 cm³/mol. The molecule has 0 radical (unpaired) electrons. The summed E-state index contributed by atoms with van der Waals surface area (Å²) in [5, 5.41) is 3.13. The maximum absolute atomic E-state index is 14.0. The molecule has 2 aromatic rings. The van der Waals surface area contributed by atoms with E-state index in [2.05, 4.69) is 5.32 Å². The molecule has 0 unspecified atom stereocenters. The van der Waals surface area contributed by atoms with E-state index in [0.29, 0.717) is 10.9 Å². The zero-order valence-corrected chi connectivity index (χ0v) is 18.0. The van der Waals surface area contributed by atoms with Gasteiger partial charge in [0.15, 0.2) is 0 Å². The molecule has 3 rings (SSSR count). The molecule has 4 nitrogen and oxygen atoms in total. The molecule has 1 fully saturated rings. The monoisotopic (exact) mass is 477 g/mol. The molecule has 0 saturated heterocycles. The SMILES string of the molecule is CCOC(=O)CNCc1cccc2c(C(F)(F)F)c(OC3CCC(C(F)(F)F)CC3)ccc12. The molecular formula is C23H25F6NO3. The van der Waals surface area contributed by atoms with Gasteiger partial charge in [-0.2, -0.15) is 26.3 Å². The van der Waals surface area contributed by atoms with Crippen molar-refractivity contribution in [1.29, 1.82) is 0 Å². The minimum Gasteiger partial charge on any atom is -0.490 e. The van der Waals surface area contributed by atoms with Gasteiger partial charge in [-0.3, -0.25) is 4.79 Å². The quantitative estimate of drug-likeness (QED) is 0.392. The number of hydrogen-bond acceptors (Lipinski definition) is 4. The van der Waals surface area contributed by atoms with Gasteiger partial charge in [0.25, 0.3) is 0 Å². The number of alkyl halides is 6. The van der Waals surface area contributed by atoms with Crippen molar-refractivity contribution >= 4 is 16.7 Å². The normalized spacial score (nSPS) is 19.5. The molecule has 0 amide bonds. The van der Waals surface area contributed by atoms with E-state index < -0.39 is 35.9 Å². The van der Waals surface area contributed by atoms with E-state index in [1.165, 1.54) is 24.3 Å². The molecule has 33 heavy (non-hydrogen) atoms. The van der Waals surface area contributed by atoms with Gasteiger partial charge >= 0.3 is 18.3 Å². The number of fused-ring (bicyclic) bond motifs is 1. The number of ether oxygens (including phenoxy) is 2. The van der Waals surface area contributed by atoms with Crippen LogP contribution in [0.25, 0.3) is 10.8 Å². The number of hydrogen-bond donors (Lipinski definition) is 1. The van der Waals surface area contributed by atoms with Crippen LogP contribution in [0.4, 0.5) is 26.3 Å². The van der Waals surface area contributed by atoms with Crippen LogP contribution in [-0.2, 0) is 22.3 Å². The lowest BCUT2D eigenvalue weighted by Gasteiger charge is -2.31. The van der Waals surface area contributed by atoms with Crippen molar-refractivity contribution in [2.24, 2.45) is 5.92 Å². The number of benzene rings is 2. The summed E-state index contributed by atoms with van der Waals surface area (Å²) in [5.74, 6) is -2.30. The summed E-state index contributed by atoms with van der Waals surface area (Å²) in [7, 11) is 0. The third-order valence-electron chi connectivity index (χ3n) is 5.72. The minimum absolute atomic E-state index is 0.0390. The summed E-state index contributed by atoms with van der Waals surface area (Å²) in [5.41, 5.74) is -0.398. The second-order valence-corrected chi connectivity index (χ2v) is 7.99. The largest absolute Gasteiger partial charge is 0.490 e. The first-order valence-electron chi connectivity index (χ1n) is 10.7. The molecule has 0 aromatic heterocycles. The molecule has 182 valence electrons. The molecule has 10 heteroatoms. The van der Waals surface area contributed by atoms with E-state index in [4.69, 9.17) is 9.47 Å². The van der Waals surface area contributed by atoms with Crippen molar-refractivity contribution in [3.8, 4) is 5.75 Å². The van der Waals surface area contributed by atoms with Gasteiger partial charge in [0.05, 0.1) is 25.2 Å². The summed E-state index contributed by atoms with van der Waals surface area (Å²) < 4.78 is 91.1. The Hall–Kier alpha value is -2.49. The third kappa shape index (κ3) is 6.31. The van der Waals surface area contributed by atoms with Crippen LogP contribution in [0.3, 0.4) is 0 Å². The summed E-state index contributed by atoms with van der Waals surface area (Å²) in [6.45, 7) is 1.96. The summed E-state index contributed by atoms with van der Waals surface area (Å²) in [6, 6.07) is 7.19. The fourth-order valence-corrected chi connectivity index (χ4v) is 4.15. The number of rotatable bonds is 7. The third-order valence-corrected chi connectivity index (χ3v) is 5.72. The maximum atomic E-state index is 14.0. The predicted octanol–water partition coefficient (Wildman–Crippen LogP) is 6.01. The first kappa shape index (κ1) is 25.1. The standard InChI is InChI=1S/C23H25F6NO3/c1-2-32-20(31)13-30-12-14-4-3-5-18-17(14)10-11-19(21(18)23(27,28)29)33-16-8-6-15(7-9-16)22(24,25)26/h3-5,10-11,15-16,30H,2,6-9,12-13H2,1H3. The fraction of sp³-hybridized carbons (Fsp3) is 0.522. The molecule has 1 aliphatic rings. The van der Waals surface area contributed by atoms with Crippen LogP contribution < -0.4 is 10.1 Å². The summed E-state index contributed by atoms with van der Waals surface area (Å²) >= 11 is 0. The Balaban J connectivity index is 1.83. The number of esters is 1. The molecule has 0 bridgehead atoms. The van der Waals surface area contributed by atoms with Gasteiger partial charge in [-0.1, -0.05) is 24.3 Å². The molecule has 0 aliphatic heterocycles. The highest BCUT2D eigenvalue weighted by molar-refractivity contribution is 5.91. The second kappa shape index (κ2) is 10.2. The Morgan fingerprint density at radius 1 is 1.00 bits per heavy atom. The van der Waals surface area contributed by atoms with Crippen LogP contribution in [0, 0.1) is 5.92 Å². The molecule has 0 atom stereocenters.